The van der Waals surface area contributed by atoms with Gasteiger partial charge in [0.15, 0.2) is 5.65 Å². The van der Waals surface area contributed by atoms with Crippen LogP contribution in [-0.2, 0) is 18.6 Å². The predicted octanol–water partition coefficient (Wildman–Crippen LogP) is 4.35. The van der Waals surface area contributed by atoms with Crippen molar-refractivity contribution in [3.05, 3.63) is 53.5 Å². The topological polar surface area (TPSA) is 72.7 Å². The summed E-state index contributed by atoms with van der Waals surface area (Å²) in [5, 5.41) is 13.6. The maximum atomic E-state index is 10.1. The van der Waals surface area contributed by atoms with Gasteiger partial charge in [0, 0.05) is 64.1 Å². The molecule has 0 bridgehead atoms. The number of nitrogens with zero attached hydrogens (tertiary/aromatic N) is 6. The molecule has 2 aliphatic heterocycles. The van der Waals surface area contributed by atoms with Crippen LogP contribution in [-0.4, -0.2) is 87.7 Å². The molecule has 2 saturated heterocycles. The van der Waals surface area contributed by atoms with Crippen LogP contribution in [0.4, 0.5) is 0 Å². The molecule has 0 unspecified atom stereocenters. The summed E-state index contributed by atoms with van der Waals surface area (Å²) in [6, 6.07) is 10.4. The number of pyridine rings is 1. The third-order valence-corrected chi connectivity index (χ3v) is 8.90. The van der Waals surface area contributed by atoms with Crippen LogP contribution < -0.4 is 5.32 Å². The summed E-state index contributed by atoms with van der Waals surface area (Å²) in [5.74, 6) is 1.54. The zero-order valence-electron chi connectivity index (χ0n) is 24.4. The Hall–Kier alpha value is -2.52. The standard InChI is InChI=1S/C31H47N7O/c1-5-8-28(37-18-13-32-14-19-37)30-34-27-20-24(22-33-29(27)38(30)15-6-2)23-36-16-11-31(12-17-36,35(3)4)25-9-7-10-26(39)21-25/h7,9-10,20-22,28,32,39H,5-6,8,11-19,23H2,1-4H3/t28-/m1/s1. The van der Waals surface area contributed by atoms with Crippen LogP contribution in [0.15, 0.2) is 36.5 Å². The Labute approximate surface area is 234 Å². The number of phenols is 1. The average Bonchev–Trinajstić information content (AvgIpc) is 3.30. The van der Waals surface area contributed by atoms with Crippen molar-refractivity contribution in [2.75, 3.05) is 53.4 Å². The quantitative estimate of drug-likeness (QED) is 0.402. The van der Waals surface area contributed by atoms with Crippen LogP contribution in [0.3, 0.4) is 0 Å². The van der Waals surface area contributed by atoms with Crippen LogP contribution in [0.25, 0.3) is 11.2 Å². The van der Waals surface area contributed by atoms with Gasteiger partial charge in [-0.3, -0.25) is 14.7 Å². The number of hydrogen-bond donors (Lipinski definition) is 2. The molecule has 0 radical (unpaired) electrons. The number of rotatable bonds is 10. The van der Waals surface area contributed by atoms with Crippen molar-refractivity contribution in [2.24, 2.45) is 0 Å². The van der Waals surface area contributed by atoms with Crippen LogP contribution in [0.2, 0.25) is 0 Å². The second-order valence-corrected chi connectivity index (χ2v) is 11.7. The van der Waals surface area contributed by atoms with Gasteiger partial charge in [-0.1, -0.05) is 32.4 Å². The zero-order valence-corrected chi connectivity index (χ0v) is 24.4. The molecular formula is C31H47N7O. The lowest BCUT2D eigenvalue weighted by atomic mass is 9.79. The number of benzene rings is 1. The van der Waals surface area contributed by atoms with Gasteiger partial charge in [-0.15, -0.1) is 0 Å². The maximum Gasteiger partial charge on any atom is 0.160 e. The number of fused-ring (bicyclic) bond motifs is 1. The SMILES string of the molecule is CCC[C@H](c1nc2cc(CN3CCC(c4cccc(O)c4)(N(C)C)CC3)cnc2n1CCC)N1CCNCC1. The number of nitrogens with one attached hydrogen (secondary N) is 1. The number of aromatic nitrogens is 3. The highest BCUT2D eigenvalue weighted by Gasteiger charge is 2.38. The minimum atomic E-state index is -0.0520. The summed E-state index contributed by atoms with van der Waals surface area (Å²) in [7, 11) is 4.32. The summed E-state index contributed by atoms with van der Waals surface area (Å²) in [6.07, 6.45) is 7.47. The number of likely N-dealkylation sites (tertiary alicyclic amines) is 1. The van der Waals surface area contributed by atoms with E-state index in [2.05, 4.69) is 70.9 Å². The summed E-state index contributed by atoms with van der Waals surface area (Å²) in [4.78, 5) is 17.7. The van der Waals surface area contributed by atoms with Crippen molar-refractivity contribution in [3.8, 4) is 5.75 Å². The molecule has 8 heteroatoms. The first kappa shape index (κ1) is 28.0. The van der Waals surface area contributed by atoms with Gasteiger partial charge in [-0.25, -0.2) is 9.97 Å². The fourth-order valence-corrected chi connectivity index (χ4v) is 6.73. The summed E-state index contributed by atoms with van der Waals surface area (Å²) >= 11 is 0. The third-order valence-electron chi connectivity index (χ3n) is 8.90. The van der Waals surface area contributed by atoms with Gasteiger partial charge in [0.1, 0.15) is 17.1 Å². The summed E-state index contributed by atoms with van der Waals surface area (Å²) in [5.41, 5.74) is 4.45. The first-order valence-electron chi connectivity index (χ1n) is 14.9. The van der Waals surface area contributed by atoms with E-state index in [-0.39, 0.29) is 5.54 Å². The number of hydrogen-bond acceptors (Lipinski definition) is 7. The van der Waals surface area contributed by atoms with E-state index in [9.17, 15) is 5.11 Å². The van der Waals surface area contributed by atoms with E-state index in [0.717, 1.165) is 95.6 Å². The minimum absolute atomic E-state index is 0.0520. The number of aryl methyl sites for hydroxylation is 1. The molecule has 0 saturated carbocycles. The molecule has 0 spiro atoms. The first-order valence-corrected chi connectivity index (χ1v) is 14.9. The monoisotopic (exact) mass is 533 g/mol. The molecule has 2 N–H and O–H groups in total. The second kappa shape index (κ2) is 12.3. The first-order chi connectivity index (χ1) is 18.9. The van der Waals surface area contributed by atoms with Crippen LogP contribution in [0.1, 0.15) is 68.9 Å². The third kappa shape index (κ3) is 5.85. The molecular weight excluding hydrogens is 486 g/mol. The highest BCUT2D eigenvalue weighted by Crippen LogP contribution is 2.39. The van der Waals surface area contributed by atoms with Gasteiger partial charge in [0.2, 0.25) is 0 Å². The lowest BCUT2D eigenvalue weighted by Crippen LogP contribution is -2.50. The smallest absolute Gasteiger partial charge is 0.160 e. The number of aromatic hydroxyl groups is 1. The van der Waals surface area contributed by atoms with Crippen molar-refractivity contribution >= 4 is 11.2 Å². The van der Waals surface area contributed by atoms with Gasteiger partial charge >= 0.3 is 0 Å². The summed E-state index contributed by atoms with van der Waals surface area (Å²) in [6.45, 7) is 12.6. The molecule has 5 rings (SSSR count). The Morgan fingerprint density at radius 1 is 1.05 bits per heavy atom. The maximum absolute atomic E-state index is 10.1. The minimum Gasteiger partial charge on any atom is -0.508 e. The van der Waals surface area contributed by atoms with Gasteiger partial charge in [0.05, 0.1) is 6.04 Å². The lowest BCUT2D eigenvalue weighted by Gasteiger charge is -2.46. The van der Waals surface area contributed by atoms with Crippen LogP contribution >= 0.6 is 0 Å². The number of phenolic OH excluding ortho intramolecular Hbond substituents is 1. The highest BCUT2D eigenvalue weighted by atomic mass is 16.3. The van der Waals surface area contributed by atoms with E-state index in [0.29, 0.717) is 11.8 Å². The molecule has 1 atom stereocenters. The molecule has 8 nitrogen and oxygen atoms in total. The summed E-state index contributed by atoms with van der Waals surface area (Å²) < 4.78 is 2.39. The van der Waals surface area contributed by atoms with E-state index in [4.69, 9.17) is 9.97 Å². The number of piperidine rings is 1. The average molecular weight is 534 g/mol. The molecule has 212 valence electrons. The Kier molecular flexibility index (Phi) is 8.86. The molecule has 2 aromatic heterocycles. The Morgan fingerprint density at radius 3 is 2.49 bits per heavy atom. The van der Waals surface area contributed by atoms with Crippen molar-refractivity contribution < 1.29 is 5.11 Å². The molecule has 3 aromatic rings. The van der Waals surface area contributed by atoms with Gasteiger partial charge in [0.25, 0.3) is 0 Å². The Morgan fingerprint density at radius 2 is 1.82 bits per heavy atom. The van der Waals surface area contributed by atoms with Gasteiger partial charge < -0.3 is 15.0 Å². The largest absolute Gasteiger partial charge is 0.508 e. The molecule has 0 amide bonds. The number of imidazole rings is 1. The van der Waals surface area contributed by atoms with Crippen molar-refractivity contribution in [1.29, 1.82) is 0 Å². The molecule has 1 aromatic carbocycles. The lowest BCUT2D eigenvalue weighted by molar-refractivity contribution is 0.0505. The van der Waals surface area contributed by atoms with E-state index in [1.54, 1.807) is 6.07 Å². The fourth-order valence-electron chi connectivity index (χ4n) is 6.73. The van der Waals surface area contributed by atoms with Gasteiger partial charge in [-0.2, -0.15) is 0 Å². The molecule has 39 heavy (non-hydrogen) atoms. The Balaban J connectivity index is 1.35. The zero-order chi connectivity index (χ0) is 27.4. The Bertz CT molecular complexity index is 1220. The highest BCUT2D eigenvalue weighted by molar-refractivity contribution is 5.72. The van der Waals surface area contributed by atoms with Crippen molar-refractivity contribution in [3.63, 3.8) is 0 Å². The molecule has 0 aliphatic carbocycles. The van der Waals surface area contributed by atoms with E-state index < -0.39 is 0 Å². The van der Waals surface area contributed by atoms with Crippen molar-refractivity contribution in [2.45, 2.75) is 70.6 Å². The van der Waals surface area contributed by atoms with Crippen LogP contribution in [0, 0.1) is 0 Å². The molecule has 2 aliphatic rings. The normalized spacial score (nSPS) is 19.6. The molecule has 2 fully saturated rings. The van der Waals surface area contributed by atoms with E-state index >= 15 is 0 Å². The van der Waals surface area contributed by atoms with Crippen molar-refractivity contribution in [1.82, 2.24) is 34.6 Å². The van der Waals surface area contributed by atoms with E-state index in [1.165, 1.54) is 17.0 Å². The molecule has 4 heterocycles. The number of piperazine rings is 1. The van der Waals surface area contributed by atoms with E-state index in [1.807, 2.05) is 12.1 Å². The van der Waals surface area contributed by atoms with Crippen LogP contribution in [0.5, 0.6) is 5.75 Å². The van der Waals surface area contributed by atoms with Gasteiger partial charge in [-0.05, 0) is 69.1 Å². The second-order valence-electron chi connectivity index (χ2n) is 11.7. The predicted molar refractivity (Wildman–Crippen MR) is 158 cm³/mol. The fraction of sp³-hybridized carbons (Fsp3) is 0.613.